The lowest BCUT2D eigenvalue weighted by molar-refractivity contribution is 0.104. The molecule has 146 valence electrons. The zero-order valence-electron chi connectivity index (χ0n) is 16.8. The number of carbonyl (C=O) groups excluding carboxylic acids is 1. The van der Waals surface area contributed by atoms with Crippen molar-refractivity contribution in [2.75, 3.05) is 6.61 Å². The molecule has 0 heterocycles. The number of benzene rings is 2. The number of hydrogen-bond acceptors (Lipinski definition) is 3. The van der Waals surface area contributed by atoms with E-state index in [1.54, 1.807) is 42.5 Å². The van der Waals surface area contributed by atoms with Gasteiger partial charge in [0.1, 0.15) is 18.1 Å². The van der Waals surface area contributed by atoms with Crippen LogP contribution in [0.5, 0.6) is 11.5 Å². The normalized spacial score (nSPS) is 11.5. The first-order chi connectivity index (χ1) is 13.4. The van der Waals surface area contributed by atoms with Crippen molar-refractivity contribution in [2.45, 2.75) is 33.6 Å². The Labute approximate surface area is 167 Å². The maximum absolute atomic E-state index is 12.3. The van der Waals surface area contributed by atoms with Gasteiger partial charge in [-0.2, -0.15) is 0 Å². The zero-order valence-corrected chi connectivity index (χ0v) is 16.8. The van der Waals surface area contributed by atoms with Gasteiger partial charge in [0, 0.05) is 5.56 Å². The second kappa shape index (κ2) is 10.9. The molecule has 0 aromatic heterocycles. The molecular weight excluding hydrogens is 348 g/mol. The van der Waals surface area contributed by atoms with Crippen LogP contribution in [0, 0.1) is 0 Å². The first-order valence-corrected chi connectivity index (χ1v) is 9.47. The van der Waals surface area contributed by atoms with Gasteiger partial charge >= 0.3 is 0 Å². The minimum atomic E-state index is -0.0744. The van der Waals surface area contributed by atoms with E-state index in [4.69, 9.17) is 4.74 Å². The highest BCUT2D eigenvalue weighted by Crippen LogP contribution is 2.15. The summed E-state index contributed by atoms with van der Waals surface area (Å²) < 4.78 is 5.73. The van der Waals surface area contributed by atoms with Crippen molar-refractivity contribution in [3.05, 3.63) is 89.0 Å². The van der Waals surface area contributed by atoms with E-state index < -0.39 is 0 Å². The molecule has 3 nitrogen and oxygen atoms in total. The fraction of sp³-hybridized carbons (Fsp3) is 0.240. The number of phenols is 1. The van der Waals surface area contributed by atoms with Crippen LogP contribution in [0.1, 0.15) is 49.5 Å². The smallest absolute Gasteiger partial charge is 0.185 e. The molecule has 0 fully saturated rings. The number of carbonyl (C=O) groups is 1. The Bertz CT molecular complexity index is 850. The molecule has 0 aliphatic rings. The van der Waals surface area contributed by atoms with Crippen LogP contribution in [-0.2, 0) is 0 Å². The summed E-state index contributed by atoms with van der Waals surface area (Å²) >= 11 is 0. The first-order valence-electron chi connectivity index (χ1n) is 9.47. The Balaban J connectivity index is 1.84. The quantitative estimate of drug-likeness (QED) is 0.315. The predicted octanol–water partition coefficient (Wildman–Crippen LogP) is 6.36. The van der Waals surface area contributed by atoms with Gasteiger partial charge in [-0.1, -0.05) is 35.4 Å². The number of aromatic hydroxyl groups is 1. The molecule has 2 rings (SSSR count). The second-order valence-electron chi connectivity index (χ2n) is 7.00. The molecule has 0 saturated carbocycles. The maximum Gasteiger partial charge on any atom is 0.185 e. The highest BCUT2D eigenvalue weighted by Gasteiger charge is 2.02. The summed E-state index contributed by atoms with van der Waals surface area (Å²) in [6.45, 7) is 6.86. The van der Waals surface area contributed by atoms with Crippen molar-refractivity contribution < 1.29 is 14.6 Å². The van der Waals surface area contributed by atoms with Crippen LogP contribution in [0.25, 0.3) is 6.08 Å². The molecular formula is C25H28O3. The van der Waals surface area contributed by atoms with E-state index in [1.165, 1.54) is 17.2 Å². The van der Waals surface area contributed by atoms with Crippen molar-refractivity contribution in [2.24, 2.45) is 0 Å². The lowest BCUT2D eigenvalue weighted by Gasteiger charge is -2.05. The summed E-state index contributed by atoms with van der Waals surface area (Å²) in [5, 5.41) is 9.28. The highest BCUT2D eigenvalue weighted by atomic mass is 16.5. The fourth-order valence-electron chi connectivity index (χ4n) is 2.54. The summed E-state index contributed by atoms with van der Waals surface area (Å²) in [5.74, 6) is 0.874. The van der Waals surface area contributed by atoms with E-state index in [2.05, 4.69) is 32.9 Å². The van der Waals surface area contributed by atoms with Crippen molar-refractivity contribution >= 4 is 11.9 Å². The molecule has 0 amide bonds. The van der Waals surface area contributed by atoms with E-state index in [9.17, 15) is 9.90 Å². The van der Waals surface area contributed by atoms with Gasteiger partial charge in [-0.15, -0.1) is 0 Å². The average Bonchev–Trinajstić information content (AvgIpc) is 2.67. The molecule has 0 radical (unpaired) electrons. The van der Waals surface area contributed by atoms with Crippen LogP contribution in [-0.4, -0.2) is 17.5 Å². The Morgan fingerprint density at radius 1 is 0.964 bits per heavy atom. The largest absolute Gasteiger partial charge is 0.508 e. The van der Waals surface area contributed by atoms with Gasteiger partial charge in [0.25, 0.3) is 0 Å². The summed E-state index contributed by atoms with van der Waals surface area (Å²) in [4.78, 5) is 12.3. The Morgan fingerprint density at radius 2 is 1.64 bits per heavy atom. The zero-order chi connectivity index (χ0) is 20.4. The molecule has 28 heavy (non-hydrogen) atoms. The van der Waals surface area contributed by atoms with Crippen LogP contribution < -0.4 is 4.74 Å². The van der Waals surface area contributed by atoms with E-state index in [0.717, 1.165) is 24.2 Å². The summed E-state index contributed by atoms with van der Waals surface area (Å²) in [6, 6.07) is 13.9. The Hall–Kier alpha value is -3.07. The first kappa shape index (κ1) is 21.2. The van der Waals surface area contributed by atoms with Gasteiger partial charge in [-0.25, -0.2) is 0 Å². The van der Waals surface area contributed by atoms with Crippen molar-refractivity contribution in [1.29, 1.82) is 0 Å². The van der Waals surface area contributed by atoms with Crippen LogP contribution in [0.3, 0.4) is 0 Å². The summed E-state index contributed by atoms with van der Waals surface area (Å²) in [5.41, 5.74) is 4.12. The van der Waals surface area contributed by atoms with Gasteiger partial charge in [0.2, 0.25) is 0 Å². The third-order valence-corrected chi connectivity index (χ3v) is 4.23. The molecule has 0 bridgehead atoms. The number of rotatable bonds is 9. The minimum Gasteiger partial charge on any atom is -0.508 e. The van der Waals surface area contributed by atoms with Crippen LogP contribution in [0.15, 0.2) is 77.9 Å². The SMILES string of the molecule is CC(C)=CCC/C(C)=C/COc1ccc(C(=O)/C=C/c2ccc(O)cc2)cc1. The lowest BCUT2D eigenvalue weighted by atomic mass is 10.1. The number of ether oxygens (including phenoxy) is 1. The van der Waals surface area contributed by atoms with E-state index in [-0.39, 0.29) is 11.5 Å². The topological polar surface area (TPSA) is 46.5 Å². The number of allylic oxidation sites excluding steroid dienone is 4. The highest BCUT2D eigenvalue weighted by molar-refractivity contribution is 6.06. The van der Waals surface area contributed by atoms with Gasteiger partial charge < -0.3 is 9.84 Å². The lowest BCUT2D eigenvalue weighted by Crippen LogP contribution is -1.97. The Morgan fingerprint density at radius 3 is 2.29 bits per heavy atom. The third kappa shape index (κ3) is 7.67. The molecule has 0 unspecified atom stereocenters. The molecule has 0 spiro atoms. The monoisotopic (exact) mass is 376 g/mol. The minimum absolute atomic E-state index is 0.0744. The standard InChI is InChI=1S/C25H28O3/c1-19(2)5-4-6-20(3)17-18-28-24-14-10-22(11-15-24)25(27)16-9-21-7-12-23(26)13-8-21/h5,7-17,26H,4,6,18H2,1-3H3/b16-9+,20-17+. The number of ketones is 1. The average molecular weight is 376 g/mol. The fourth-order valence-corrected chi connectivity index (χ4v) is 2.54. The molecule has 2 aromatic carbocycles. The second-order valence-corrected chi connectivity index (χ2v) is 7.00. The van der Waals surface area contributed by atoms with Crippen LogP contribution >= 0.6 is 0 Å². The number of hydrogen-bond donors (Lipinski definition) is 1. The van der Waals surface area contributed by atoms with Gasteiger partial charge in [0.05, 0.1) is 0 Å². The molecule has 3 heteroatoms. The molecule has 0 aliphatic carbocycles. The number of phenolic OH excluding ortho intramolecular Hbond substituents is 1. The molecule has 0 saturated heterocycles. The van der Waals surface area contributed by atoms with Crippen molar-refractivity contribution in [1.82, 2.24) is 0 Å². The maximum atomic E-state index is 12.3. The van der Waals surface area contributed by atoms with Crippen molar-refractivity contribution in [3.8, 4) is 11.5 Å². The van der Waals surface area contributed by atoms with Gasteiger partial charge in [0.15, 0.2) is 5.78 Å². The van der Waals surface area contributed by atoms with Crippen LogP contribution in [0.2, 0.25) is 0 Å². The van der Waals surface area contributed by atoms with E-state index in [1.807, 2.05) is 12.1 Å². The predicted molar refractivity (Wildman–Crippen MR) is 116 cm³/mol. The molecule has 0 atom stereocenters. The summed E-state index contributed by atoms with van der Waals surface area (Å²) in [6.07, 6.45) is 9.69. The third-order valence-electron chi connectivity index (χ3n) is 4.23. The molecule has 0 aliphatic heterocycles. The van der Waals surface area contributed by atoms with Crippen LogP contribution in [0.4, 0.5) is 0 Å². The molecule has 2 aromatic rings. The van der Waals surface area contributed by atoms with Gasteiger partial charge in [-0.3, -0.25) is 4.79 Å². The van der Waals surface area contributed by atoms with Crippen molar-refractivity contribution in [3.63, 3.8) is 0 Å². The molecule has 1 N–H and O–H groups in total. The van der Waals surface area contributed by atoms with E-state index in [0.29, 0.717) is 12.2 Å². The summed E-state index contributed by atoms with van der Waals surface area (Å²) in [7, 11) is 0. The van der Waals surface area contributed by atoms with E-state index >= 15 is 0 Å². The Kier molecular flexibility index (Phi) is 8.29. The van der Waals surface area contributed by atoms with Gasteiger partial charge in [-0.05, 0) is 87.7 Å².